The van der Waals surface area contributed by atoms with Crippen LogP contribution in [0.4, 0.5) is 5.69 Å². The van der Waals surface area contributed by atoms with E-state index < -0.39 is 0 Å². The molecule has 2 unspecified atom stereocenters. The molecule has 3 heteroatoms. The molecule has 1 aliphatic rings. The molecule has 1 heterocycles. The fourth-order valence-corrected chi connectivity index (χ4v) is 2.95. The summed E-state index contributed by atoms with van der Waals surface area (Å²) in [5.41, 5.74) is 9.33. The maximum absolute atomic E-state index is 12.9. The van der Waals surface area contributed by atoms with E-state index in [2.05, 4.69) is 6.07 Å². The summed E-state index contributed by atoms with van der Waals surface area (Å²) in [7, 11) is 0. The van der Waals surface area contributed by atoms with Gasteiger partial charge in [0.1, 0.15) is 0 Å². The maximum atomic E-state index is 12.9. The quantitative estimate of drug-likeness (QED) is 0.919. The summed E-state index contributed by atoms with van der Waals surface area (Å²) in [6.45, 7) is 2.55. The van der Waals surface area contributed by atoms with Crippen LogP contribution >= 0.6 is 0 Å². The van der Waals surface area contributed by atoms with Gasteiger partial charge in [0.15, 0.2) is 0 Å². The minimum Gasteiger partial charge on any atom is -0.326 e. The van der Waals surface area contributed by atoms with Gasteiger partial charge in [-0.2, -0.15) is 0 Å². The molecule has 0 saturated heterocycles. The van der Waals surface area contributed by atoms with Crippen LogP contribution in [0.25, 0.3) is 0 Å². The molecule has 2 aromatic carbocycles. The average Bonchev–Trinajstić information content (AvgIpc) is 2.53. The molecule has 0 bridgehead atoms. The first-order valence-corrected chi connectivity index (χ1v) is 7.36. The molecule has 108 valence electrons. The number of carbonyl (C=O) groups excluding carboxylic acids is 1. The molecule has 0 saturated carbocycles. The molecule has 0 aliphatic carbocycles. The Balaban J connectivity index is 1.91. The predicted molar refractivity (Wildman–Crippen MR) is 85.3 cm³/mol. The molecular weight excluding hydrogens is 260 g/mol. The number of hydrogen-bond acceptors (Lipinski definition) is 2. The van der Waals surface area contributed by atoms with Crippen molar-refractivity contribution in [1.82, 2.24) is 0 Å². The van der Waals surface area contributed by atoms with Crippen LogP contribution in [0.3, 0.4) is 0 Å². The minimum absolute atomic E-state index is 0.00632. The number of amides is 1. The normalized spacial score (nSPS) is 19.0. The van der Waals surface area contributed by atoms with Gasteiger partial charge in [-0.25, -0.2) is 0 Å². The fraction of sp³-hybridized carbons (Fsp3) is 0.278. The van der Waals surface area contributed by atoms with E-state index in [0.29, 0.717) is 6.54 Å². The van der Waals surface area contributed by atoms with Crippen LogP contribution in [-0.2, 0) is 11.2 Å². The minimum atomic E-state index is -0.162. The summed E-state index contributed by atoms with van der Waals surface area (Å²) in [6.07, 6.45) is 0.833. The Kier molecular flexibility index (Phi) is 3.76. The van der Waals surface area contributed by atoms with E-state index in [0.717, 1.165) is 23.2 Å². The molecule has 21 heavy (non-hydrogen) atoms. The van der Waals surface area contributed by atoms with Crippen molar-refractivity contribution in [2.24, 2.45) is 5.73 Å². The SMILES string of the molecule is CC(C(=O)N1CC(N)Cc2ccccc21)c1ccccc1. The third-order valence-corrected chi connectivity index (χ3v) is 4.12. The lowest BCUT2D eigenvalue weighted by Crippen LogP contribution is -2.47. The highest BCUT2D eigenvalue weighted by Crippen LogP contribution is 2.29. The van der Waals surface area contributed by atoms with Crippen LogP contribution in [0.15, 0.2) is 54.6 Å². The lowest BCUT2D eigenvalue weighted by atomic mass is 9.94. The molecule has 0 fully saturated rings. The second-order valence-corrected chi connectivity index (χ2v) is 5.67. The van der Waals surface area contributed by atoms with E-state index in [1.54, 1.807) is 0 Å². The van der Waals surface area contributed by atoms with E-state index >= 15 is 0 Å². The van der Waals surface area contributed by atoms with E-state index in [-0.39, 0.29) is 17.9 Å². The zero-order valence-corrected chi connectivity index (χ0v) is 12.2. The van der Waals surface area contributed by atoms with Gasteiger partial charge in [0.25, 0.3) is 0 Å². The number of benzene rings is 2. The molecular formula is C18H20N2O. The molecule has 2 N–H and O–H groups in total. The Morgan fingerprint density at radius 2 is 1.81 bits per heavy atom. The number of carbonyl (C=O) groups is 1. The van der Waals surface area contributed by atoms with Crippen molar-refractivity contribution in [3.63, 3.8) is 0 Å². The van der Waals surface area contributed by atoms with E-state index in [9.17, 15) is 4.79 Å². The molecule has 2 atom stereocenters. The second-order valence-electron chi connectivity index (χ2n) is 5.67. The monoisotopic (exact) mass is 280 g/mol. The van der Waals surface area contributed by atoms with Crippen molar-refractivity contribution in [3.8, 4) is 0 Å². The highest BCUT2D eigenvalue weighted by molar-refractivity contribution is 5.99. The van der Waals surface area contributed by atoms with E-state index in [4.69, 9.17) is 5.73 Å². The number of fused-ring (bicyclic) bond motifs is 1. The zero-order chi connectivity index (χ0) is 14.8. The number of anilines is 1. The van der Waals surface area contributed by atoms with Gasteiger partial charge in [0, 0.05) is 18.3 Å². The van der Waals surface area contributed by atoms with Crippen LogP contribution in [0.2, 0.25) is 0 Å². The smallest absolute Gasteiger partial charge is 0.234 e. The van der Waals surface area contributed by atoms with Gasteiger partial charge in [-0.05, 0) is 30.5 Å². The molecule has 0 spiro atoms. The first-order valence-electron chi connectivity index (χ1n) is 7.36. The van der Waals surface area contributed by atoms with Crippen molar-refractivity contribution >= 4 is 11.6 Å². The van der Waals surface area contributed by atoms with Crippen molar-refractivity contribution in [2.45, 2.75) is 25.3 Å². The van der Waals surface area contributed by atoms with Crippen molar-refractivity contribution in [3.05, 3.63) is 65.7 Å². The molecule has 0 aromatic heterocycles. The number of nitrogens with zero attached hydrogens (tertiary/aromatic N) is 1. The summed E-state index contributed by atoms with van der Waals surface area (Å²) >= 11 is 0. The Morgan fingerprint density at radius 1 is 1.14 bits per heavy atom. The molecule has 1 amide bonds. The van der Waals surface area contributed by atoms with Crippen LogP contribution in [0.5, 0.6) is 0 Å². The number of para-hydroxylation sites is 1. The van der Waals surface area contributed by atoms with Crippen LogP contribution in [-0.4, -0.2) is 18.5 Å². The van der Waals surface area contributed by atoms with Gasteiger partial charge < -0.3 is 10.6 Å². The Morgan fingerprint density at radius 3 is 2.57 bits per heavy atom. The third kappa shape index (κ3) is 2.69. The molecule has 1 aliphatic heterocycles. The molecule has 2 aromatic rings. The fourth-order valence-electron chi connectivity index (χ4n) is 2.95. The van der Waals surface area contributed by atoms with E-state index in [1.165, 1.54) is 0 Å². The summed E-state index contributed by atoms with van der Waals surface area (Å²) in [5, 5.41) is 0. The van der Waals surface area contributed by atoms with Crippen molar-refractivity contribution in [2.75, 3.05) is 11.4 Å². The molecule has 3 rings (SSSR count). The summed E-state index contributed by atoms with van der Waals surface area (Å²) in [4.78, 5) is 14.7. The van der Waals surface area contributed by atoms with E-state index in [1.807, 2.05) is 60.4 Å². The van der Waals surface area contributed by atoms with Gasteiger partial charge in [0.05, 0.1) is 5.92 Å². The number of rotatable bonds is 2. The molecule has 3 nitrogen and oxygen atoms in total. The van der Waals surface area contributed by atoms with Crippen molar-refractivity contribution < 1.29 is 4.79 Å². The number of hydrogen-bond donors (Lipinski definition) is 1. The maximum Gasteiger partial charge on any atom is 0.234 e. The van der Waals surface area contributed by atoms with Crippen molar-refractivity contribution in [1.29, 1.82) is 0 Å². The first kappa shape index (κ1) is 13.8. The van der Waals surface area contributed by atoms with Gasteiger partial charge in [-0.1, -0.05) is 48.5 Å². The Hall–Kier alpha value is -2.13. The zero-order valence-electron chi connectivity index (χ0n) is 12.2. The summed E-state index contributed by atoms with van der Waals surface area (Å²) in [6, 6.07) is 17.9. The second kappa shape index (κ2) is 5.70. The molecule has 0 radical (unpaired) electrons. The van der Waals surface area contributed by atoms with Gasteiger partial charge in [-0.3, -0.25) is 4.79 Å². The topological polar surface area (TPSA) is 46.3 Å². The lowest BCUT2D eigenvalue weighted by Gasteiger charge is -2.34. The number of nitrogens with two attached hydrogens (primary N) is 1. The summed E-state index contributed by atoms with van der Waals surface area (Å²) in [5.74, 6) is -0.0478. The first-order chi connectivity index (χ1) is 10.2. The lowest BCUT2D eigenvalue weighted by molar-refractivity contribution is -0.119. The Bertz CT molecular complexity index is 639. The van der Waals surface area contributed by atoms with Gasteiger partial charge in [-0.15, -0.1) is 0 Å². The highest BCUT2D eigenvalue weighted by Gasteiger charge is 2.29. The summed E-state index contributed by atoms with van der Waals surface area (Å²) < 4.78 is 0. The predicted octanol–water partition coefficient (Wildman–Crippen LogP) is 2.71. The highest BCUT2D eigenvalue weighted by atomic mass is 16.2. The van der Waals surface area contributed by atoms with Crippen LogP contribution in [0, 0.1) is 0 Å². The average molecular weight is 280 g/mol. The van der Waals surface area contributed by atoms with Gasteiger partial charge in [0.2, 0.25) is 5.91 Å². The van der Waals surface area contributed by atoms with Gasteiger partial charge >= 0.3 is 0 Å². The standard InChI is InChI=1S/C18H20N2O/c1-13(14-7-3-2-4-8-14)18(21)20-12-16(19)11-15-9-5-6-10-17(15)20/h2-10,13,16H,11-12,19H2,1H3. The largest absolute Gasteiger partial charge is 0.326 e. The van der Waals surface area contributed by atoms with Crippen LogP contribution < -0.4 is 10.6 Å². The third-order valence-electron chi connectivity index (χ3n) is 4.12. The van der Waals surface area contributed by atoms with Crippen LogP contribution in [0.1, 0.15) is 24.0 Å². The Labute approximate surface area is 125 Å².